The molecule has 1 aromatic carbocycles. The molecule has 1 aliphatic carbocycles. The highest BCUT2D eigenvalue weighted by Gasteiger charge is 2.30. The van der Waals surface area contributed by atoms with Crippen molar-refractivity contribution < 1.29 is 24.2 Å². The van der Waals surface area contributed by atoms with Crippen LogP contribution in [-0.2, 0) is 9.59 Å². The molecule has 1 fully saturated rings. The van der Waals surface area contributed by atoms with Crippen molar-refractivity contribution in [1.29, 1.82) is 0 Å². The third-order valence-electron chi connectivity index (χ3n) is 3.57. The monoisotopic (exact) mass is 293 g/mol. The SMILES string of the molecule is COc1ccccc1OCC(=O)N[C@H]1CC[C@@H](C(=O)O)C1. The minimum absolute atomic E-state index is 0.0835. The first-order chi connectivity index (χ1) is 10.1. The summed E-state index contributed by atoms with van der Waals surface area (Å²) >= 11 is 0. The van der Waals surface area contributed by atoms with Gasteiger partial charge in [0.15, 0.2) is 18.1 Å². The highest BCUT2D eigenvalue weighted by atomic mass is 16.5. The van der Waals surface area contributed by atoms with Gasteiger partial charge in [0.05, 0.1) is 13.0 Å². The van der Waals surface area contributed by atoms with Gasteiger partial charge in [-0.15, -0.1) is 0 Å². The van der Waals surface area contributed by atoms with Crippen LogP contribution in [0.5, 0.6) is 11.5 Å². The quantitative estimate of drug-likeness (QED) is 0.829. The second-order valence-corrected chi connectivity index (χ2v) is 5.05. The van der Waals surface area contributed by atoms with E-state index in [1.165, 1.54) is 7.11 Å². The number of aliphatic carboxylic acids is 1. The van der Waals surface area contributed by atoms with Gasteiger partial charge < -0.3 is 19.9 Å². The van der Waals surface area contributed by atoms with Gasteiger partial charge in [-0.2, -0.15) is 0 Å². The number of amides is 1. The van der Waals surface area contributed by atoms with E-state index in [1.54, 1.807) is 18.2 Å². The molecule has 6 heteroatoms. The Bertz CT molecular complexity index is 517. The Hall–Kier alpha value is -2.24. The van der Waals surface area contributed by atoms with Crippen molar-refractivity contribution in [2.24, 2.45) is 5.92 Å². The molecular weight excluding hydrogens is 274 g/mol. The van der Waals surface area contributed by atoms with Crippen LogP contribution < -0.4 is 14.8 Å². The number of hydrogen-bond donors (Lipinski definition) is 2. The molecule has 1 saturated carbocycles. The molecule has 2 rings (SSSR count). The molecule has 0 aromatic heterocycles. The summed E-state index contributed by atoms with van der Waals surface area (Å²) in [6.45, 7) is -0.116. The third-order valence-corrected chi connectivity index (χ3v) is 3.57. The molecule has 2 atom stereocenters. The van der Waals surface area contributed by atoms with Crippen LogP contribution >= 0.6 is 0 Å². The standard InChI is InChI=1S/C15H19NO5/c1-20-12-4-2-3-5-13(12)21-9-14(17)16-11-7-6-10(8-11)15(18)19/h2-5,10-11H,6-9H2,1H3,(H,16,17)(H,18,19)/t10-,11+/m1/s1. The zero-order chi connectivity index (χ0) is 15.2. The van der Waals surface area contributed by atoms with E-state index >= 15 is 0 Å². The van der Waals surface area contributed by atoms with Gasteiger partial charge in [0, 0.05) is 6.04 Å². The Morgan fingerprint density at radius 2 is 2.00 bits per heavy atom. The maximum atomic E-state index is 11.8. The van der Waals surface area contributed by atoms with Crippen LogP contribution in [0, 0.1) is 5.92 Å². The van der Waals surface area contributed by atoms with E-state index in [9.17, 15) is 9.59 Å². The predicted molar refractivity (Wildman–Crippen MR) is 75.4 cm³/mol. The number of methoxy groups -OCH3 is 1. The van der Waals surface area contributed by atoms with Gasteiger partial charge in [-0.3, -0.25) is 9.59 Å². The molecule has 1 aliphatic rings. The predicted octanol–water partition coefficient (Wildman–Crippen LogP) is 1.44. The summed E-state index contributed by atoms with van der Waals surface area (Å²) < 4.78 is 10.6. The fraction of sp³-hybridized carbons (Fsp3) is 0.467. The average molecular weight is 293 g/mol. The molecule has 1 amide bonds. The van der Waals surface area contributed by atoms with Gasteiger partial charge in [0.2, 0.25) is 0 Å². The number of carboxylic acids is 1. The second kappa shape index (κ2) is 6.97. The topological polar surface area (TPSA) is 84.9 Å². The van der Waals surface area contributed by atoms with E-state index in [4.69, 9.17) is 14.6 Å². The first-order valence-corrected chi connectivity index (χ1v) is 6.88. The summed E-state index contributed by atoms with van der Waals surface area (Å²) in [5, 5.41) is 11.7. The van der Waals surface area contributed by atoms with Gasteiger partial charge in [0.25, 0.3) is 5.91 Å². The molecule has 21 heavy (non-hydrogen) atoms. The molecule has 0 spiro atoms. The van der Waals surface area contributed by atoms with Crippen molar-refractivity contribution in [2.75, 3.05) is 13.7 Å². The highest BCUT2D eigenvalue weighted by Crippen LogP contribution is 2.27. The minimum atomic E-state index is -0.794. The Morgan fingerprint density at radius 1 is 1.29 bits per heavy atom. The van der Waals surface area contributed by atoms with E-state index in [0.717, 1.165) is 0 Å². The number of carbonyl (C=O) groups is 2. The van der Waals surface area contributed by atoms with E-state index in [-0.39, 0.29) is 24.5 Å². The van der Waals surface area contributed by atoms with Crippen LogP contribution in [0.3, 0.4) is 0 Å². The van der Waals surface area contributed by atoms with Gasteiger partial charge in [-0.1, -0.05) is 12.1 Å². The summed E-state index contributed by atoms with van der Waals surface area (Å²) in [6, 6.07) is 7.00. The Morgan fingerprint density at radius 3 is 2.62 bits per heavy atom. The third kappa shape index (κ3) is 4.11. The lowest BCUT2D eigenvalue weighted by atomic mass is 10.1. The largest absolute Gasteiger partial charge is 0.493 e. The molecule has 0 unspecified atom stereocenters. The number of ether oxygens (including phenoxy) is 2. The molecule has 0 heterocycles. The van der Waals surface area contributed by atoms with E-state index < -0.39 is 5.97 Å². The lowest BCUT2D eigenvalue weighted by Crippen LogP contribution is -2.36. The molecule has 114 valence electrons. The van der Waals surface area contributed by atoms with Crippen molar-refractivity contribution in [2.45, 2.75) is 25.3 Å². The second-order valence-electron chi connectivity index (χ2n) is 5.05. The number of rotatable bonds is 6. The van der Waals surface area contributed by atoms with Crippen LogP contribution in [0.2, 0.25) is 0 Å². The molecule has 0 radical (unpaired) electrons. The van der Waals surface area contributed by atoms with Crippen LogP contribution in [0.25, 0.3) is 0 Å². The van der Waals surface area contributed by atoms with Crippen molar-refractivity contribution in [1.82, 2.24) is 5.32 Å². The zero-order valence-corrected chi connectivity index (χ0v) is 11.9. The smallest absolute Gasteiger partial charge is 0.306 e. The zero-order valence-electron chi connectivity index (χ0n) is 11.9. The van der Waals surface area contributed by atoms with E-state index in [2.05, 4.69) is 5.32 Å². The summed E-state index contributed by atoms with van der Waals surface area (Å²) in [5.41, 5.74) is 0. The lowest BCUT2D eigenvalue weighted by molar-refractivity contribution is -0.141. The fourth-order valence-corrected chi connectivity index (χ4v) is 2.49. The number of nitrogens with one attached hydrogen (secondary N) is 1. The maximum Gasteiger partial charge on any atom is 0.306 e. The average Bonchev–Trinajstić information content (AvgIpc) is 2.94. The number of benzene rings is 1. The van der Waals surface area contributed by atoms with Gasteiger partial charge in [-0.05, 0) is 31.4 Å². The number of carboxylic acid groups (broad SMARTS) is 1. The fourth-order valence-electron chi connectivity index (χ4n) is 2.49. The first kappa shape index (κ1) is 15.2. The van der Waals surface area contributed by atoms with E-state index in [1.807, 2.05) is 6.07 Å². The minimum Gasteiger partial charge on any atom is -0.493 e. The number of hydrogen-bond acceptors (Lipinski definition) is 4. The van der Waals surface area contributed by atoms with Gasteiger partial charge in [0.1, 0.15) is 0 Å². The molecule has 0 bridgehead atoms. The summed E-state index contributed by atoms with van der Waals surface area (Å²) in [5.74, 6) is -0.332. The Balaban J connectivity index is 1.79. The summed E-state index contributed by atoms with van der Waals surface area (Å²) in [7, 11) is 1.53. The van der Waals surface area contributed by atoms with Crippen LogP contribution in [0.4, 0.5) is 0 Å². The molecule has 0 saturated heterocycles. The van der Waals surface area contributed by atoms with Crippen molar-refractivity contribution in [3.05, 3.63) is 24.3 Å². The Kier molecular flexibility index (Phi) is 5.03. The molecular formula is C15H19NO5. The number of para-hydroxylation sites is 2. The van der Waals surface area contributed by atoms with Crippen molar-refractivity contribution in [3.63, 3.8) is 0 Å². The van der Waals surface area contributed by atoms with Crippen LogP contribution in [-0.4, -0.2) is 36.7 Å². The van der Waals surface area contributed by atoms with Crippen molar-refractivity contribution in [3.8, 4) is 11.5 Å². The number of carbonyl (C=O) groups excluding carboxylic acids is 1. The van der Waals surface area contributed by atoms with E-state index in [0.29, 0.717) is 30.8 Å². The molecule has 6 nitrogen and oxygen atoms in total. The normalized spacial score (nSPS) is 20.8. The first-order valence-electron chi connectivity index (χ1n) is 6.88. The lowest BCUT2D eigenvalue weighted by Gasteiger charge is -2.14. The summed E-state index contributed by atoms with van der Waals surface area (Å²) in [4.78, 5) is 22.7. The molecule has 2 N–H and O–H groups in total. The maximum absolute atomic E-state index is 11.8. The van der Waals surface area contributed by atoms with Crippen molar-refractivity contribution >= 4 is 11.9 Å². The molecule has 0 aliphatic heterocycles. The van der Waals surface area contributed by atoms with Crippen LogP contribution in [0.1, 0.15) is 19.3 Å². The highest BCUT2D eigenvalue weighted by molar-refractivity contribution is 5.78. The Labute approximate surface area is 123 Å². The van der Waals surface area contributed by atoms with Gasteiger partial charge >= 0.3 is 5.97 Å². The summed E-state index contributed by atoms with van der Waals surface area (Å²) in [6.07, 6.45) is 1.78. The van der Waals surface area contributed by atoms with Crippen LogP contribution in [0.15, 0.2) is 24.3 Å². The molecule has 1 aromatic rings. The van der Waals surface area contributed by atoms with Gasteiger partial charge in [-0.25, -0.2) is 0 Å².